The summed E-state index contributed by atoms with van der Waals surface area (Å²) in [6.45, 7) is 5.39. The van der Waals surface area contributed by atoms with Gasteiger partial charge in [-0.15, -0.1) is 0 Å². The van der Waals surface area contributed by atoms with Crippen molar-refractivity contribution in [1.82, 2.24) is 0 Å². The first kappa shape index (κ1) is 21.5. The molecule has 2 rings (SSSR count). The van der Waals surface area contributed by atoms with Crippen LogP contribution in [0.5, 0.6) is 0 Å². The smallest absolute Gasteiger partial charge is 0.317 e. The van der Waals surface area contributed by atoms with Crippen molar-refractivity contribution in [3.05, 3.63) is 34.9 Å². The van der Waals surface area contributed by atoms with Gasteiger partial charge in [0.05, 0.1) is 6.61 Å². The van der Waals surface area contributed by atoms with E-state index in [1.54, 1.807) is 6.92 Å². The Bertz CT molecular complexity index is 858. The van der Waals surface area contributed by atoms with Crippen LogP contribution >= 0.6 is 11.6 Å². The van der Waals surface area contributed by atoms with E-state index in [1.165, 1.54) is 38.1 Å². The van der Waals surface area contributed by atoms with Gasteiger partial charge >= 0.3 is 5.97 Å². The second-order valence-electron chi connectivity index (χ2n) is 6.79. The molecule has 1 aromatic carbocycles. The second-order valence-corrected chi connectivity index (χ2v) is 8.89. The van der Waals surface area contributed by atoms with E-state index < -0.39 is 50.3 Å². The molecule has 9 heteroatoms. The highest BCUT2D eigenvalue weighted by atomic mass is 35.5. The Balaban J connectivity index is 2.70. The first-order chi connectivity index (χ1) is 12.4. The van der Waals surface area contributed by atoms with E-state index in [2.05, 4.69) is 0 Å². The van der Waals surface area contributed by atoms with Gasteiger partial charge in [-0.05, 0) is 45.4 Å². The van der Waals surface area contributed by atoms with Gasteiger partial charge in [-0.2, -0.15) is 8.42 Å². The van der Waals surface area contributed by atoms with Crippen molar-refractivity contribution in [2.45, 2.75) is 44.5 Å². The Hall–Kier alpha value is -1.77. The SMILES string of the molecule is CCOC(=O)C(C(C)=O)C(c1ccc(Cl)cc1)C1C(=O)C(C)(C)OS1(=O)=O. The predicted octanol–water partition coefficient (Wildman–Crippen LogP) is 2.27. The third kappa shape index (κ3) is 4.23. The zero-order valence-electron chi connectivity index (χ0n) is 15.4. The van der Waals surface area contributed by atoms with Gasteiger partial charge in [0, 0.05) is 10.9 Å². The van der Waals surface area contributed by atoms with Crippen LogP contribution in [0.3, 0.4) is 0 Å². The monoisotopic (exact) mass is 416 g/mol. The molecule has 1 fully saturated rings. The number of hydrogen-bond donors (Lipinski definition) is 0. The molecule has 1 saturated heterocycles. The van der Waals surface area contributed by atoms with E-state index in [9.17, 15) is 22.8 Å². The molecule has 0 amide bonds. The van der Waals surface area contributed by atoms with E-state index in [-0.39, 0.29) is 6.61 Å². The number of ether oxygens (including phenoxy) is 1. The summed E-state index contributed by atoms with van der Waals surface area (Å²) in [6, 6.07) is 5.95. The van der Waals surface area contributed by atoms with E-state index >= 15 is 0 Å². The van der Waals surface area contributed by atoms with Crippen LogP contribution in [0.15, 0.2) is 24.3 Å². The van der Waals surface area contributed by atoms with E-state index in [4.69, 9.17) is 20.5 Å². The molecule has 0 spiro atoms. The Morgan fingerprint density at radius 1 is 1.26 bits per heavy atom. The highest BCUT2D eigenvalue weighted by Crippen LogP contribution is 2.42. The summed E-state index contributed by atoms with van der Waals surface area (Å²) in [5.41, 5.74) is -1.29. The quantitative estimate of drug-likeness (QED) is 0.398. The topological polar surface area (TPSA) is 104 Å². The highest BCUT2D eigenvalue weighted by molar-refractivity contribution is 7.88. The largest absolute Gasteiger partial charge is 0.465 e. The van der Waals surface area contributed by atoms with Crippen molar-refractivity contribution in [1.29, 1.82) is 0 Å². The van der Waals surface area contributed by atoms with Crippen molar-refractivity contribution in [2.24, 2.45) is 5.92 Å². The molecule has 0 radical (unpaired) electrons. The standard InChI is InChI=1S/C18H21ClO7S/c1-5-25-17(22)13(10(2)20)14(11-6-8-12(19)9-7-11)15-16(21)18(3,4)26-27(15,23)24/h6-9,13-15H,5H2,1-4H3. The molecule has 148 valence electrons. The number of benzene rings is 1. The molecule has 0 saturated carbocycles. The van der Waals surface area contributed by atoms with Gasteiger partial charge in [-0.1, -0.05) is 23.7 Å². The van der Waals surface area contributed by atoms with Crippen LogP contribution in [-0.4, -0.2) is 43.4 Å². The molecule has 0 N–H and O–H groups in total. The fourth-order valence-electron chi connectivity index (χ4n) is 3.22. The number of Topliss-reactive ketones (excluding diaryl/α,β-unsaturated/α-hetero) is 2. The van der Waals surface area contributed by atoms with Crippen LogP contribution in [0.2, 0.25) is 5.02 Å². The maximum absolute atomic E-state index is 12.8. The Kier molecular flexibility index (Phi) is 6.13. The number of halogens is 1. The van der Waals surface area contributed by atoms with Gasteiger partial charge in [0.15, 0.2) is 11.0 Å². The highest BCUT2D eigenvalue weighted by Gasteiger charge is 2.59. The maximum atomic E-state index is 12.8. The van der Waals surface area contributed by atoms with Crippen molar-refractivity contribution in [3.63, 3.8) is 0 Å². The third-order valence-corrected chi connectivity index (χ3v) is 6.44. The van der Waals surface area contributed by atoms with Crippen LogP contribution in [0.1, 0.15) is 39.2 Å². The van der Waals surface area contributed by atoms with Gasteiger partial charge in [-0.25, -0.2) is 0 Å². The minimum Gasteiger partial charge on any atom is -0.465 e. The molecule has 0 bridgehead atoms. The summed E-state index contributed by atoms with van der Waals surface area (Å²) < 4.78 is 35.3. The fourth-order valence-corrected chi connectivity index (χ4v) is 5.34. The van der Waals surface area contributed by atoms with Gasteiger partial charge in [0.25, 0.3) is 10.1 Å². The third-order valence-electron chi connectivity index (χ3n) is 4.41. The molecule has 1 aliphatic heterocycles. The van der Waals surface area contributed by atoms with Crippen LogP contribution in [0, 0.1) is 5.92 Å². The molecule has 1 heterocycles. The molecule has 3 atom stereocenters. The van der Waals surface area contributed by atoms with Crippen LogP contribution in [0.4, 0.5) is 0 Å². The average molecular weight is 417 g/mol. The lowest BCUT2D eigenvalue weighted by atomic mass is 9.78. The van der Waals surface area contributed by atoms with Gasteiger partial charge in [-0.3, -0.25) is 18.6 Å². The number of ketones is 2. The van der Waals surface area contributed by atoms with Gasteiger partial charge < -0.3 is 4.74 Å². The average Bonchev–Trinajstić information content (AvgIpc) is 2.69. The molecule has 7 nitrogen and oxygen atoms in total. The number of carbonyl (C=O) groups excluding carboxylic acids is 3. The zero-order chi connectivity index (χ0) is 20.6. The Morgan fingerprint density at radius 3 is 2.22 bits per heavy atom. The van der Waals surface area contributed by atoms with Crippen LogP contribution < -0.4 is 0 Å². The van der Waals surface area contributed by atoms with E-state index in [0.29, 0.717) is 10.6 Å². The van der Waals surface area contributed by atoms with Crippen molar-refractivity contribution in [3.8, 4) is 0 Å². The number of hydrogen-bond acceptors (Lipinski definition) is 7. The van der Waals surface area contributed by atoms with Crippen LogP contribution in [0.25, 0.3) is 0 Å². The maximum Gasteiger partial charge on any atom is 0.317 e. The van der Waals surface area contributed by atoms with E-state index in [1.807, 2.05) is 0 Å². The Labute approximate surface area is 163 Å². The molecule has 1 aliphatic rings. The Morgan fingerprint density at radius 2 is 1.81 bits per heavy atom. The van der Waals surface area contributed by atoms with Crippen molar-refractivity contribution >= 4 is 39.3 Å². The van der Waals surface area contributed by atoms with E-state index in [0.717, 1.165) is 6.92 Å². The fraction of sp³-hybridized carbons (Fsp3) is 0.500. The normalized spacial score (nSPS) is 22.9. The summed E-state index contributed by atoms with van der Waals surface area (Å²) in [7, 11) is -4.37. The number of rotatable bonds is 6. The number of carbonyl (C=O) groups is 3. The molecule has 3 unspecified atom stereocenters. The molecule has 0 aliphatic carbocycles. The lowest BCUT2D eigenvalue weighted by molar-refractivity contribution is -0.152. The summed E-state index contributed by atoms with van der Waals surface area (Å²) in [5, 5.41) is -1.34. The minimum atomic E-state index is -4.37. The molecule has 27 heavy (non-hydrogen) atoms. The summed E-state index contributed by atoms with van der Waals surface area (Å²) in [5.74, 6) is -5.00. The molecule has 1 aromatic rings. The summed E-state index contributed by atoms with van der Waals surface area (Å²) >= 11 is 5.89. The zero-order valence-corrected chi connectivity index (χ0v) is 17.0. The predicted molar refractivity (Wildman–Crippen MR) is 97.9 cm³/mol. The van der Waals surface area contributed by atoms with Crippen molar-refractivity contribution < 1.29 is 31.7 Å². The first-order valence-corrected chi connectivity index (χ1v) is 10.2. The lowest BCUT2D eigenvalue weighted by Crippen LogP contribution is -2.43. The van der Waals surface area contributed by atoms with Crippen molar-refractivity contribution in [2.75, 3.05) is 6.61 Å². The van der Waals surface area contributed by atoms with Gasteiger partial charge in [0.1, 0.15) is 17.3 Å². The molecule has 0 aromatic heterocycles. The summed E-state index contributed by atoms with van der Waals surface area (Å²) in [4.78, 5) is 37.6. The first-order valence-electron chi connectivity index (χ1n) is 8.33. The molecular weight excluding hydrogens is 396 g/mol. The lowest BCUT2D eigenvalue weighted by Gasteiger charge is -2.27. The molecular formula is C18H21ClO7S. The minimum absolute atomic E-state index is 0.00328. The van der Waals surface area contributed by atoms with Crippen LogP contribution in [-0.2, 0) is 33.4 Å². The summed E-state index contributed by atoms with van der Waals surface area (Å²) in [6.07, 6.45) is 0. The number of esters is 1. The van der Waals surface area contributed by atoms with Gasteiger partial charge in [0.2, 0.25) is 0 Å². The second kappa shape index (κ2) is 7.69.